The first-order valence-corrected chi connectivity index (χ1v) is 15.5. The quantitative estimate of drug-likeness (QED) is 0.269. The molecular formula is C25H24F3N3O6S3. The van der Waals surface area contributed by atoms with Gasteiger partial charge in [0.1, 0.15) is 4.90 Å². The number of piperazine rings is 1. The summed E-state index contributed by atoms with van der Waals surface area (Å²) in [6, 6.07) is 12.3. The van der Waals surface area contributed by atoms with Crippen LogP contribution in [0.3, 0.4) is 0 Å². The number of nitro benzene ring substituents is 1. The highest BCUT2D eigenvalue weighted by Gasteiger charge is 2.36. The average molecular weight is 616 g/mol. The molecule has 1 saturated heterocycles. The van der Waals surface area contributed by atoms with E-state index in [1.165, 1.54) is 12.1 Å². The molecule has 3 aromatic rings. The summed E-state index contributed by atoms with van der Waals surface area (Å²) in [5.41, 5.74) is 0.436. The zero-order valence-electron chi connectivity index (χ0n) is 21.3. The Labute approximate surface area is 233 Å². The Morgan fingerprint density at radius 2 is 1.38 bits per heavy atom. The lowest BCUT2D eigenvalue weighted by molar-refractivity contribution is -0.385. The maximum absolute atomic E-state index is 13.7. The Balaban J connectivity index is 1.59. The number of benzene rings is 3. The van der Waals surface area contributed by atoms with Crippen LogP contribution >= 0.6 is 11.8 Å². The van der Waals surface area contributed by atoms with Crippen LogP contribution in [0.4, 0.5) is 18.9 Å². The van der Waals surface area contributed by atoms with E-state index in [0.29, 0.717) is 12.1 Å². The number of aryl methyl sites for hydroxylation is 2. The lowest BCUT2D eigenvalue weighted by Gasteiger charge is -2.33. The largest absolute Gasteiger partial charge is 0.416 e. The molecule has 1 aliphatic rings. The number of nitrogens with zero attached hydrogens (tertiary/aromatic N) is 3. The van der Waals surface area contributed by atoms with Gasteiger partial charge in [-0.15, -0.1) is 0 Å². The molecule has 0 radical (unpaired) electrons. The third-order valence-electron chi connectivity index (χ3n) is 6.34. The molecule has 9 nitrogen and oxygen atoms in total. The van der Waals surface area contributed by atoms with Gasteiger partial charge in [-0.2, -0.15) is 21.8 Å². The van der Waals surface area contributed by atoms with Crippen molar-refractivity contribution in [2.24, 2.45) is 0 Å². The van der Waals surface area contributed by atoms with Gasteiger partial charge < -0.3 is 0 Å². The van der Waals surface area contributed by atoms with Crippen LogP contribution in [0.2, 0.25) is 0 Å². The highest BCUT2D eigenvalue weighted by atomic mass is 32.2. The molecule has 1 aliphatic heterocycles. The summed E-state index contributed by atoms with van der Waals surface area (Å²) in [7, 11) is -8.47. The van der Waals surface area contributed by atoms with E-state index < -0.39 is 42.4 Å². The second-order valence-electron chi connectivity index (χ2n) is 9.09. The summed E-state index contributed by atoms with van der Waals surface area (Å²) in [5.74, 6) is 0. The first kappa shape index (κ1) is 30.0. The summed E-state index contributed by atoms with van der Waals surface area (Å²) in [6.07, 6.45) is -4.62. The maximum atomic E-state index is 13.7. The fraction of sp³-hybridized carbons (Fsp3) is 0.280. The molecule has 15 heteroatoms. The van der Waals surface area contributed by atoms with E-state index in [4.69, 9.17) is 0 Å². The fourth-order valence-corrected chi connectivity index (χ4v) is 8.47. The molecule has 0 aromatic heterocycles. The topological polar surface area (TPSA) is 118 Å². The summed E-state index contributed by atoms with van der Waals surface area (Å²) < 4.78 is 94.1. The second-order valence-corrected chi connectivity index (χ2v) is 14.0. The van der Waals surface area contributed by atoms with Crippen molar-refractivity contribution in [3.8, 4) is 0 Å². The summed E-state index contributed by atoms with van der Waals surface area (Å²) >= 11 is 1.16. The van der Waals surface area contributed by atoms with Gasteiger partial charge in [0.15, 0.2) is 0 Å². The third kappa shape index (κ3) is 6.17. The summed E-state index contributed by atoms with van der Waals surface area (Å²) in [4.78, 5) is 11.2. The first-order valence-electron chi connectivity index (χ1n) is 11.8. The van der Waals surface area contributed by atoms with Crippen molar-refractivity contribution in [1.82, 2.24) is 8.61 Å². The number of non-ortho nitro benzene ring substituents is 1. The van der Waals surface area contributed by atoms with E-state index in [2.05, 4.69) is 0 Å². The number of sulfonamides is 2. The Kier molecular flexibility index (Phi) is 8.34. The number of alkyl halides is 3. The molecule has 214 valence electrons. The van der Waals surface area contributed by atoms with Crippen molar-refractivity contribution >= 4 is 37.5 Å². The van der Waals surface area contributed by atoms with E-state index in [0.717, 1.165) is 54.6 Å². The Morgan fingerprint density at radius 3 is 1.93 bits per heavy atom. The molecule has 0 bridgehead atoms. The minimum absolute atomic E-state index is 0.252. The van der Waals surface area contributed by atoms with Gasteiger partial charge in [0, 0.05) is 48.1 Å². The molecule has 0 unspecified atom stereocenters. The highest BCUT2D eigenvalue weighted by molar-refractivity contribution is 8.00. The van der Waals surface area contributed by atoms with Gasteiger partial charge in [0.2, 0.25) is 20.0 Å². The maximum Gasteiger partial charge on any atom is 0.416 e. The molecule has 0 N–H and O–H groups in total. The molecule has 1 heterocycles. The molecule has 0 saturated carbocycles. The van der Waals surface area contributed by atoms with Crippen molar-refractivity contribution in [2.45, 2.75) is 39.6 Å². The van der Waals surface area contributed by atoms with Crippen LogP contribution < -0.4 is 0 Å². The molecule has 0 amide bonds. The fourth-order valence-electron chi connectivity index (χ4n) is 4.09. The minimum Gasteiger partial charge on any atom is -0.258 e. The van der Waals surface area contributed by atoms with E-state index in [1.54, 1.807) is 0 Å². The molecule has 1 fully saturated rings. The van der Waals surface area contributed by atoms with Gasteiger partial charge >= 0.3 is 6.18 Å². The van der Waals surface area contributed by atoms with Crippen molar-refractivity contribution in [2.75, 3.05) is 26.2 Å². The smallest absolute Gasteiger partial charge is 0.258 e. The van der Waals surface area contributed by atoms with Gasteiger partial charge in [-0.1, -0.05) is 23.9 Å². The van der Waals surface area contributed by atoms with Crippen molar-refractivity contribution in [1.29, 1.82) is 0 Å². The molecule has 3 aromatic carbocycles. The van der Waals surface area contributed by atoms with Gasteiger partial charge in [0.05, 0.1) is 15.4 Å². The van der Waals surface area contributed by atoms with E-state index in [9.17, 15) is 40.1 Å². The number of nitro groups is 1. The van der Waals surface area contributed by atoms with Gasteiger partial charge in [0.25, 0.3) is 5.69 Å². The average Bonchev–Trinajstić information content (AvgIpc) is 2.90. The Morgan fingerprint density at radius 1 is 0.800 bits per heavy atom. The molecular weight excluding hydrogens is 591 g/mol. The normalized spacial score (nSPS) is 15.7. The molecule has 0 spiro atoms. The Bertz CT molecular complexity index is 1650. The van der Waals surface area contributed by atoms with E-state index in [-0.39, 0.29) is 40.9 Å². The van der Waals surface area contributed by atoms with Crippen LogP contribution in [0.25, 0.3) is 0 Å². The lowest BCUT2D eigenvalue weighted by atomic mass is 10.2. The van der Waals surface area contributed by atoms with Crippen molar-refractivity contribution < 1.29 is 34.9 Å². The van der Waals surface area contributed by atoms with Crippen LogP contribution in [-0.2, 0) is 26.2 Å². The highest BCUT2D eigenvalue weighted by Crippen LogP contribution is 2.38. The molecule has 4 rings (SSSR count). The number of halogens is 3. The van der Waals surface area contributed by atoms with Crippen LogP contribution in [0.1, 0.15) is 16.7 Å². The predicted octanol–water partition coefficient (Wildman–Crippen LogP) is 5.08. The molecule has 40 heavy (non-hydrogen) atoms. The molecule has 0 atom stereocenters. The van der Waals surface area contributed by atoms with Crippen molar-refractivity contribution in [3.63, 3.8) is 0 Å². The number of rotatable bonds is 7. The predicted molar refractivity (Wildman–Crippen MR) is 142 cm³/mol. The summed E-state index contributed by atoms with van der Waals surface area (Å²) in [6.45, 7) is 2.73. The van der Waals surface area contributed by atoms with Gasteiger partial charge in [-0.05, 0) is 61.4 Å². The van der Waals surface area contributed by atoms with Crippen LogP contribution in [0.5, 0.6) is 0 Å². The van der Waals surface area contributed by atoms with E-state index in [1.807, 2.05) is 32.0 Å². The zero-order valence-corrected chi connectivity index (χ0v) is 23.7. The monoisotopic (exact) mass is 615 g/mol. The van der Waals surface area contributed by atoms with Crippen LogP contribution in [-0.4, -0.2) is 56.5 Å². The van der Waals surface area contributed by atoms with Crippen LogP contribution in [0, 0.1) is 24.0 Å². The molecule has 0 aliphatic carbocycles. The van der Waals surface area contributed by atoms with Gasteiger partial charge in [-0.3, -0.25) is 10.1 Å². The zero-order chi connectivity index (χ0) is 29.5. The Hall–Kier alpha value is -2.98. The number of hydrogen-bond acceptors (Lipinski definition) is 7. The van der Waals surface area contributed by atoms with Gasteiger partial charge in [-0.25, -0.2) is 16.8 Å². The number of hydrogen-bond donors (Lipinski definition) is 0. The summed E-state index contributed by atoms with van der Waals surface area (Å²) in [5, 5.41) is 11.4. The third-order valence-corrected chi connectivity index (χ3v) is 11.6. The standard InChI is InChI=1S/C25H24F3N3O6S3/c1-17-3-4-18(2)23(15-17)38-22-10-7-20(31(32)33)16-24(22)40(36,37)30-13-11-29(12-14-30)39(34,35)21-8-5-19(6-9-21)25(26,27)28/h3-10,15-16H,11-14H2,1-2H3. The first-order chi connectivity index (χ1) is 18.6. The SMILES string of the molecule is Cc1ccc(C)c(Sc2ccc([N+](=O)[O-])cc2S(=O)(=O)N2CCN(S(=O)(=O)c3ccc(C(F)(F)F)cc3)CC2)c1. The minimum atomic E-state index is -4.62. The van der Waals surface area contributed by atoms with Crippen molar-refractivity contribution in [3.05, 3.63) is 87.5 Å². The lowest BCUT2D eigenvalue weighted by Crippen LogP contribution is -2.50. The second kappa shape index (κ2) is 11.1. The van der Waals surface area contributed by atoms with Crippen LogP contribution in [0.15, 0.2) is 80.2 Å². The van der Waals surface area contributed by atoms with E-state index >= 15 is 0 Å².